The van der Waals surface area contributed by atoms with Gasteiger partial charge in [0.25, 0.3) is 5.91 Å². The Kier molecular flexibility index (Phi) is 5.41. The van der Waals surface area contributed by atoms with Crippen molar-refractivity contribution in [2.75, 3.05) is 31.9 Å². The molecule has 0 unspecified atom stereocenters. The zero-order valence-corrected chi connectivity index (χ0v) is 12.3. The van der Waals surface area contributed by atoms with Crippen LogP contribution in [0.15, 0.2) is 18.2 Å². The Bertz CT molecular complexity index is 451. The van der Waals surface area contributed by atoms with E-state index in [1.807, 2.05) is 19.1 Å². The third-order valence-electron chi connectivity index (χ3n) is 3.95. The molecule has 1 aromatic carbocycles. The van der Waals surface area contributed by atoms with E-state index in [0.29, 0.717) is 17.8 Å². The first-order valence-electron chi connectivity index (χ1n) is 7.53. The van der Waals surface area contributed by atoms with Crippen LogP contribution in [0, 0.1) is 6.92 Å². The van der Waals surface area contributed by atoms with Gasteiger partial charge in [0.05, 0.1) is 0 Å². The molecule has 0 aliphatic carbocycles. The highest BCUT2D eigenvalue weighted by Crippen LogP contribution is 2.13. The first kappa shape index (κ1) is 14.9. The van der Waals surface area contributed by atoms with E-state index in [9.17, 15) is 4.79 Å². The third kappa shape index (κ3) is 4.23. The SMILES string of the molecule is Cc1ccc(C(=O)NCCN2CCCCCC2)cc1N. The maximum Gasteiger partial charge on any atom is 0.251 e. The van der Waals surface area contributed by atoms with Gasteiger partial charge in [-0.3, -0.25) is 4.79 Å². The van der Waals surface area contributed by atoms with Crippen molar-refractivity contribution < 1.29 is 4.79 Å². The third-order valence-corrected chi connectivity index (χ3v) is 3.95. The lowest BCUT2D eigenvalue weighted by molar-refractivity contribution is 0.0948. The van der Waals surface area contributed by atoms with Gasteiger partial charge in [0, 0.05) is 24.3 Å². The number of nitrogens with one attached hydrogen (secondary N) is 1. The number of rotatable bonds is 4. The number of aryl methyl sites for hydroxylation is 1. The molecule has 110 valence electrons. The molecule has 1 heterocycles. The van der Waals surface area contributed by atoms with Crippen LogP contribution in [-0.2, 0) is 0 Å². The fourth-order valence-corrected chi connectivity index (χ4v) is 2.57. The molecule has 4 heteroatoms. The normalized spacial score (nSPS) is 16.6. The number of hydrogen-bond donors (Lipinski definition) is 2. The number of carbonyl (C=O) groups is 1. The number of anilines is 1. The van der Waals surface area contributed by atoms with Crippen molar-refractivity contribution in [3.8, 4) is 0 Å². The molecule has 0 saturated carbocycles. The van der Waals surface area contributed by atoms with Gasteiger partial charge in [-0.2, -0.15) is 0 Å². The van der Waals surface area contributed by atoms with Gasteiger partial charge in [-0.15, -0.1) is 0 Å². The maximum atomic E-state index is 12.0. The number of nitrogens with zero attached hydrogens (tertiary/aromatic N) is 1. The molecule has 1 saturated heterocycles. The number of hydrogen-bond acceptors (Lipinski definition) is 3. The zero-order valence-electron chi connectivity index (χ0n) is 12.3. The second-order valence-electron chi connectivity index (χ2n) is 5.58. The summed E-state index contributed by atoms with van der Waals surface area (Å²) in [4.78, 5) is 14.5. The lowest BCUT2D eigenvalue weighted by Gasteiger charge is -2.19. The lowest BCUT2D eigenvalue weighted by Crippen LogP contribution is -2.35. The highest BCUT2D eigenvalue weighted by Gasteiger charge is 2.10. The van der Waals surface area contributed by atoms with Gasteiger partial charge in [0.1, 0.15) is 0 Å². The van der Waals surface area contributed by atoms with Crippen molar-refractivity contribution >= 4 is 11.6 Å². The van der Waals surface area contributed by atoms with Gasteiger partial charge in [-0.05, 0) is 50.6 Å². The lowest BCUT2D eigenvalue weighted by atomic mass is 10.1. The topological polar surface area (TPSA) is 58.4 Å². The van der Waals surface area contributed by atoms with Gasteiger partial charge in [0.15, 0.2) is 0 Å². The molecule has 1 aliphatic rings. The van der Waals surface area contributed by atoms with Gasteiger partial charge >= 0.3 is 0 Å². The van der Waals surface area contributed by atoms with Crippen LogP contribution in [0.3, 0.4) is 0 Å². The first-order valence-corrected chi connectivity index (χ1v) is 7.53. The molecule has 0 aromatic heterocycles. The largest absolute Gasteiger partial charge is 0.398 e. The van der Waals surface area contributed by atoms with Crippen LogP contribution in [0.5, 0.6) is 0 Å². The van der Waals surface area contributed by atoms with Crippen molar-refractivity contribution in [2.45, 2.75) is 32.6 Å². The van der Waals surface area contributed by atoms with Crippen LogP contribution in [-0.4, -0.2) is 37.0 Å². The number of carbonyl (C=O) groups excluding carboxylic acids is 1. The summed E-state index contributed by atoms with van der Waals surface area (Å²) in [6.07, 6.45) is 5.24. The predicted molar refractivity (Wildman–Crippen MR) is 82.8 cm³/mol. The van der Waals surface area contributed by atoms with E-state index in [0.717, 1.165) is 25.2 Å². The summed E-state index contributed by atoms with van der Waals surface area (Å²) in [5, 5.41) is 2.98. The summed E-state index contributed by atoms with van der Waals surface area (Å²) >= 11 is 0. The molecular weight excluding hydrogens is 250 g/mol. The minimum absolute atomic E-state index is 0.0356. The highest BCUT2D eigenvalue weighted by atomic mass is 16.1. The fraction of sp³-hybridized carbons (Fsp3) is 0.562. The van der Waals surface area contributed by atoms with Crippen molar-refractivity contribution in [1.29, 1.82) is 0 Å². The molecule has 1 aromatic rings. The summed E-state index contributed by atoms with van der Waals surface area (Å²) in [7, 11) is 0. The smallest absolute Gasteiger partial charge is 0.251 e. The quantitative estimate of drug-likeness (QED) is 0.828. The molecule has 1 fully saturated rings. The molecule has 3 N–H and O–H groups in total. The predicted octanol–water partition coefficient (Wildman–Crippen LogP) is 2.18. The molecule has 4 nitrogen and oxygen atoms in total. The van der Waals surface area contributed by atoms with Crippen LogP contribution in [0.4, 0.5) is 5.69 Å². The summed E-state index contributed by atoms with van der Waals surface area (Å²) in [6.45, 7) is 5.90. The standard InChI is InChI=1S/C16H25N3O/c1-13-6-7-14(12-15(13)17)16(20)18-8-11-19-9-4-2-3-5-10-19/h6-7,12H,2-5,8-11,17H2,1H3,(H,18,20). The van der Waals surface area contributed by atoms with E-state index < -0.39 is 0 Å². The van der Waals surface area contributed by atoms with E-state index in [2.05, 4.69) is 10.2 Å². The van der Waals surface area contributed by atoms with Crippen LogP contribution < -0.4 is 11.1 Å². The van der Waals surface area contributed by atoms with Crippen LogP contribution >= 0.6 is 0 Å². The fourth-order valence-electron chi connectivity index (χ4n) is 2.57. The molecule has 0 spiro atoms. The Balaban J connectivity index is 1.78. The molecule has 20 heavy (non-hydrogen) atoms. The van der Waals surface area contributed by atoms with Crippen molar-refractivity contribution in [2.24, 2.45) is 0 Å². The van der Waals surface area contributed by atoms with Gasteiger partial charge < -0.3 is 16.0 Å². The second-order valence-corrected chi connectivity index (χ2v) is 5.58. The number of nitrogen functional groups attached to an aromatic ring is 1. The number of amides is 1. The summed E-state index contributed by atoms with van der Waals surface area (Å²) in [6, 6.07) is 5.46. The monoisotopic (exact) mass is 275 g/mol. The Hall–Kier alpha value is -1.55. The van der Waals surface area contributed by atoms with Crippen molar-refractivity contribution in [3.63, 3.8) is 0 Å². The Labute approximate surface area is 121 Å². The van der Waals surface area contributed by atoms with Crippen LogP contribution in [0.25, 0.3) is 0 Å². The number of likely N-dealkylation sites (tertiary alicyclic amines) is 1. The average Bonchev–Trinajstić information content (AvgIpc) is 2.70. The molecule has 0 bridgehead atoms. The molecule has 0 atom stereocenters. The van der Waals surface area contributed by atoms with Gasteiger partial charge in [-0.1, -0.05) is 18.9 Å². The summed E-state index contributed by atoms with van der Waals surface area (Å²) < 4.78 is 0. The summed E-state index contributed by atoms with van der Waals surface area (Å²) in [5.41, 5.74) is 8.15. The highest BCUT2D eigenvalue weighted by molar-refractivity contribution is 5.95. The summed E-state index contributed by atoms with van der Waals surface area (Å²) in [5.74, 6) is -0.0356. The molecule has 0 radical (unpaired) electrons. The van der Waals surface area contributed by atoms with E-state index in [-0.39, 0.29) is 5.91 Å². The Morgan fingerprint density at radius 3 is 2.60 bits per heavy atom. The number of nitrogens with two attached hydrogens (primary N) is 1. The van der Waals surface area contributed by atoms with Crippen LogP contribution in [0.2, 0.25) is 0 Å². The minimum Gasteiger partial charge on any atom is -0.398 e. The number of benzene rings is 1. The van der Waals surface area contributed by atoms with Gasteiger partial charge in [-0.25, -0.2) is 0 Å². The average molecular weight is 275 g/mol. The molecule has 1 aliphatic heterocycles. The van der Waals surface area contributed by atoms with E-state index >= 15 is 0 Å². The van der Waals surface area contributed by atoms with Gasteiger partial charge in [0.2, 0.25) is 0 Å². The Morgan fingerprint density at radius 2 is 1.95 bits per heavy atom. The van der Waals surface area contributed by atoms with E-state index in [1.54, 1.807) is 6.07 Å². The van der Waals surface area contributed by atoms with Crippen LogP contribution in [0.1, 0.15) is 41.6 Å². The zero-order chi connectivity index (χ0) is 14.4. The molecular formula is C16H25N3O. The Morgan fingerprint density at radius 1 is 1.25 bits per heavy atom. The van der Waals surface area contributed by atoms with E-state index in [1.165, 1.54) is 25.7 Å². The minimum atomic E-state index is -0.0356. The van der Waals surface area contributed by atoms with E-state index in [4.69, 9.17) is 5.73 Å². The molecule has 1 amide bonds. The molecule has 2 rings (SSSR count). The van der Waals surface area contributed by atoms with Crippen molar-refractivity contribution in [1.82, 2.24) is 10.2 Å². The first-order chi connectivity index (χ1) is 9.66. The maximum absolute atomic E-state index is 12.0. The second kappa shape index (κ2) is 7.29. The van der Waals surface area contributed by atoms with Crippen molar-refractivity contribution in [3.05, 3.63) is 29.3 Å².